The SMILES string of the molecule is CC(C)(C)CNC[C@H]1CCS(=O)(=O)C1. The first-order valence-electron chi connectivity index (χ1n) is 5.20. The highest BCUT2D eigenvalue weighted by molar-refractivity contribution is 7.91. The minimum absolute atomic E-state index is 0.275. The topological polar surface area (TPSA) is 46.2 Å². The Morgan fingerprint density at radius 1 is 1.36 bits per heavy atom. The first-order valence-corrected chi connectivity index (χ1v) is 7.02. The summed E-state index contributed by atoms with van der Waals surface area (Å²) in [5.41, 5.74) is 0.275. The molecular formula is C10H21NO2S. The maximum Gasteiger partial charge on any atom is 0.150 e. The molecule has 0 aromatic rings. The van der Waals surface area contributed by atoms with Gasteiger partial charge in [-0.25, -0.2) is 8.42 Å². The van der Waals surface area contributed by atoms with Gasteiger partial charge in [-0.3, -0.25) is 0 Å². The first-order chi connectivity index (χ1) is 6.29. The number of hydrogen-bond donors (Lipinski definition) is 1. The van der Waals surface area contributed by atoms with E-state index in [-0.39, 0.29) is 5.41 Å². The van der Waals surface area contributed by atoms with E-state index < -0.39 is 9.84 Å². The van der Waals surface area contributed by atoms with Gasteiger partial charge in [-0.2, -0.15) is 0 Å². The second kappa shape index (κ2) is 4.19. The van der Waals surface area contributed by atoms with E-state index in [4.69, 9.17) is 0 Å². The highest BCUT2D eigenvalue weighted by Crippen LogP contribution is 2.18. The molecular weight excluding hydrogens is 198 g/mol. The van der Waals surface area contributed by atoms with E-state index in [0.29, 0.717) is 17.4 Å². The van der Waals surface area contributed by atoms with E-state index >= 15 is 0 Å². The monoisotopic (exact) mass is 219 g/mol. The van der Waals surface area contributed by atoms with Crippen molar-refractivity contribution < 1.29 is 8.42 Å². The molecule has 1 N–H and O–H groups in total. The van der Waals surface area contributed by atoms with Gasteiger partial charge in [-0.15, -0.1) is 0 Å². The van der Waals surface area contributed by atoms with Gasteiger partial charge in [0.05, 0.1) is 11.5 Å². The first kappa shape index (κ1) is 12.0. The molecule has 84 valence electrons. The highest BCUT2D eigenvalue weighted by atomic mass is 32.2. The van der Waals surface area contributed by atoms with Crippen LogP contribution >= 0.6 is 0 Å². The zero-order valence-electron chi connectivity index (χ0n) is 9.34. The number of hydrogen-bond acceptors (Lipinski definition) is 3. The number of nitrogens with one attached hydrogen (secondary N) is 1. The summed E-state index contributed by atoms with van der Waals surface area (Å²) in [6, 6.07) is 0. The third-order valence-electron chi connectivity index (χ3n) is 2.42. The van der Waals surface area contributed by atoms with Crippen LogP contribution in [0.5, 0.6) is 0 Å². The molecule has 0 unspecified atom stereocenters. The van der Waals surface area contributed by atoms with Gasteiger partial charge in [0.25, 0.3) is 0 Å². The normalized spacial score (nSPS) is 26.6. The Balaban J connectivity index is 2.22. The molecule has 1 heterocycles. The third kappa shape index (κ3) is 4.42. The van der Waals surface area contributed by atoms with Gasteiger partial charge in [0.1, 0.15) is 0 Å². The van der Waals surface area contributed by atoms with E-state index in [0.717, 1.165) is 19.5 Å². The minimum Gasteiger partial charge on any atom is -0.316 e. The number of rotatable bonds is 3. The fraction of sp³-hybridized carbons (Fsp3) is 1.00. The molecule has 0 aliphatic carbocycles. The Morgan fingerprint density at radius 2 is 2.00 bits per heavy atom. The van der Waals surface area contributed by atoms with Gasteiger partial charge in [0, 0.05) is 0 Å². The predicted molar refractivity (Wildman–Crippen MR) is 59.1 cm³/mol. The lowest BCUT2D eigenvalue weighted by Crippen LogP contribution is -2.31. The van der Waals surface area contributed by atoms with E-state index in [1.807, 2.05) is 0 Å². The van der Waals surface area contributed by atoms with Crippen molar-refractivity contribution in [2.75, 3.05) is 24.6 Å². The van der Waals surface area contributed by atoms with Crippen LogP contribution in [0.15, 0.2) is 0 Å². The lowest BCUT2D eigenvalue weighted by atomic mass is 9.96. The highest BCUT2D eigenvalue weighted by Gasteiger charge is 2.27. The Hall–Kier alpha value is -0.0900. The van der Waals surface area contributed by atoms with E-state index in [9.17, 15) is 8.42 Å². The summed E-state index contributed by atoms with van der Waals surface area (Å²) in [4.78, 5) is 0. The molecule has 0 spiro atoms. The van der Waals surface area contributed by atoms with Crippen molar-refractivity contribution in [2.24, 2.45) is 11.3 Å². The molecule has 1 aliphatic rings. The molecule has 0 amide bonds. The molecule has 0 radical (unpaired) electrons. The molecule has 3 nitrogen and oxygen atoms in total. The second-order valence-corrected chi connectivity index (χ2v) is 7.69. The largest absolute Gasteiger partial charge is 0.316 e. The van der Waals surface area contributed by atoms with Crippen LogP contribution in [-0.4, -0.2) is 33.0 Å². The fourth-order valence-corrected chi connectivity index (χ4v) is 3.55. The average molecular weight is 219 g/mol. The van der Waals surface area contributed by atoms with Gasteiger partial charge in [0.2, 0.25) is 0 Å². The van der Waals surface area contributed by atoms with Crippen LogP contribution in [-0.2, 0) is 9.84 Å². The molecule has 1 rings (SSSR count). The van der Waals surface area contributed by atoms with Crippen LogP contribution in [0, 0.1) is 11.3 Å². The molecule has 1 aliphatic heterocycles. The molecule has 0 saturated carbocycles. The van der Waals surface area contributed by atoms with Crippen LogP contribution in [0.1, 0.15) is 27.2 Å². The summed E-state index contributed by atoms with van der Waals surface area (Å²) >= 11 is 0. The molecule has 1 saturated heterocycles. The lowest BCUT2D eigenvalue weighted by molar-refractivity contribution is 0.364. The second-order valence-electron chi connectivity index (χ2n) is 5.46. The van der Waals surface area contributed by atoms with Crippen molar-refractivity contribution >= 4 is 9.84 Å². The quantitative estimate of drug-likeness (QED) is 0.772. The van der Waals surface area contributed by atoms with Gasteiger partial charge >= 0.3 is 0 Å². The Labute approximate surface area is 87.2 Å². The van der Waals surface area contributed by atoms with Crippen LogP contribution in [0.4, 0.5) is 0 Å². The molecule has 0 aromatic carbocycles. The van der Waals surface area contributed by atoms with Crippen LogP contribution in [0.3, 0.4) is 0 Å². The summed E-state index contributed by atoms with van der Waals surface area (Å²) in [6.07, 6.45) is 0.833. The van der Waals surface area contributed by atoms with Crippen molar-refractivity contribution in [1.29, 1.82) is 0 Å². The van der Waals surface area contributed by atoms with Crippen LogP contribution in [0.25, 0.3) is 0 Å². The molecule has 14 heavy (non-hydrogen) atoms. The third-order valence-corrected chi connectivity index (χ3v) is 4.25. The van der Waals surface area contributed by atoms with E-state index in [1.54, 1.807) is 0 Å². The van der Waals surface area contributed by atoms with Crippen molar-refractivity contribution in [3.8, 4) is 0 Å². The predicted octanol–water partition coefficient (Wildman–Crippen LogP) is 1.06. The maximum atomic E-state index is 11.2. The molecule has 4 heteroatoms. The number of sulfone groups is 1. The van der Waals surface area contributed by atoms with Gasteiger partial charge in [0.15, 0.2) is 9.84 Å². The molecule has 0 aromatic heterocycles. The van der Waals surface area contributed by atoms with Crippen molar-refractivity contribution in [3.05, 3.63) is 0 Å². The Morgan fingerprint density at radius 3 is 2.43 bits per heavy atom. The molecule has 1 fully saturated rings. The van der Waals surface area contributed by atoms with Gasteiger partial charge < -0.3 is 5.32 Å². The van der Waals surface area contributed by atoms with Crippen LogP contribution < -0.4 is 5.32 Å². The smallest absolute Gasteiger partial charge is 0.150 e. The zero-order chi connectivity index (χ0) is 10.8. The summed E-state index contributed by atoms with van der Waals surface area (Å²) in [7, 11) is -2.70. The molecule has 1 atom stereocenters. The summed E-state index contributed by atoms with van der Waals surface area (Å²) < 4.78 is 22.3. The van der Waals surface area contributed by atoms with Crippen LogP contribution in [0.2, 0.25) is 0 Å². The van der Waals surface area contributed by atoms with Gasteiger partial charge in [-0.1, -0.05) is 20.8 Å². The Kier molecular flexibility index (Phi) is 3.58. The van der Waals surface area contributed by atoms with E-state index in [1.165, 1.54) is 0 Å². The fourth-order valence-electron chi connectivity index (χ4n) is 1.68. The maximum absolute atomic E-state index is 11.2. The van der Waals surface area contributed by atoms with Crippen molar-refractivity contribution in [1.82, 2.24) is 5.32 Å². The van der Waals surface area contributed by atoms with E-state index in [2.05, 4.69) is 26.1 Å². The minimum atomic E-state index is -2.70. The summed E-state index contributed by atoms with van der Waals surface area (Å²) in [5, 5.41) is 3.34. The summed E-state index contributed by atoms with van der Waals surface area (Å²) in [6.45, 7) is 8.31. The molecule has 0 bridgehead atoms. The van der Waals surface area contributed by atoms with Crippen molar-refractivity contribution in [2.45, 2.75) is 27.2 Å². The van der Waals surface area contributed by atoms with Crippen molar-refractivity contribution in [3.63, 3.8) is 0 Å². The standard InChI is InChI=1S/C10H21NO2S/c1-10(2,3)8-11-6-9-4-5-14(12,13)7-9/h9,11H,4-8H2,1-3H3/t9-/m1/s1. The average Bonchev–Trinajstić information content (AvgIpc) is 2.27. The Bertz CT molecular complexity index is 277. The van der Waals surface area contributed by atoms with Gasteiger partial charge in [-0.05, 0) is 30.8 Å². The zero-order valence-corrected chi connectivity index (χ0v) is 10.2. The summed E-state index contributed by atoms with van der Waals surface area (Å²) in [5.74, 6) is 1.10. The lowest BCUT2D eigenvalue weighted by Gasteiger charge is -2.20.